The van der Waals surface area contributed by atoms with E-state index in [1.165, 1.54) is 0 Å². The van der Waals surface area contributed by atoms with Crippen molar-refractivity contribution in [2.24, 2.45) is 0 Å². The molecular formula is C27H32N2O4S. The summed E-state index contributed by atoms with van der Waals surface area (Å²) >= 11 is 0. The standard InChI is InChI=1S/C27H32N2O4S/c1-21-11-13-24(14-12-21)34(30,31)28-20-27(22-7-6-8-23(19-22)32-2)15-17-29(18-16-27)25-9-4-5-10-26(25)33-3/h4-14,19,28H,15-18,20H2,1-3H3. The lowest BCUT2D eigenvalue weighted by Crippen LogP contribution is -2.49. The molecule has 0 aliphatic carbocycles. The molecule has 34 heavy (non-hydrogen) atoms. The van der Waals surface area contributed by atoms with Crippen molar-refractivity contribution in [1.82, 2.24) is 4.72 Å². The smallest absolute Gasteiger partial charge is 0.240 e. The molecule has 0 saturated carbocycles. The summed E-state index contributed by atoms with van der Waals surface area (Å²) in [7, 11) is -0.297. The van der Waals surface area contributed by atoms with Gasteiger partial charge in [0.2, 0.25) is 10.0 Å². The third-order valence-electron chi connectivity index (χ3n) is 6.76. The molecule has 1 saturated heterocycles. The van der Waals surface area contributed by atoms with Gasteiger partial charge in [0.15, 0.2) is 0 Å². The zero-order valence-electron chi connectivity index (χ0n) is 20.0. The molecule has 1 aliphatic heterocycles. The molecule has 0 amide bonds. The van der Waals surface area contributed by atoms with Gasteiger partial charge in [-0.3, -0.25) is 0 Å². The van der Waals surface area contributed by atoms with Crippen molar-refractivity contribution in [2.45, 2.75) is 30.1 Å². The second-order valence-corrected chi connectivity index (χ2v) is 10.6. The van der Waals surface area contributed by atoms with E-state index in [1.54, 1.807) is 26.4 Å². The Morgan fingerprint density at radius 1 is 0.912 bits per heavy atom. The second-order valence-electron chi connectivity index (χ2n) is 8.81. The van der Waals surface area contributed by atoms with Crippen molar-refractivity contribution < 1.29 is 17.9 Å². The van der Waals surface area contributed by atoms with Gasteiger partial charge < -0.3 is 14.4 Å². The first-order chi connectivity index (χ1) is 16.4. The number of nitrogens with one attached hydrogen (secondary N) is 1. The van der Waals surface area contributed by atoms with Crippen molar-refractivity contribution >= 4 is 15.7 Å². The van der Waals surface area contributed by atoms with E-state index < -0.39 is 10.0 Å². The average Bonchev–Trinajstić information content (AvgIpc) is 2.88. The van der Waals surface area contributed by atoms with Gasteiger partial charge in [0.05, 0.1) is 24.8 Å². The number of para-hydroxylation sites is 2. The van der Waals surface area contributed by atoms with Gasteiger partial charge in [-0.1, -0.05) is 42.0 Å². The largest absolute Gasteiger partial charge is 0.497 e. The normalized spacial score (nSPS) is 15.7. The minimum atomic E-state index is -3.63. The average molecular weight is 481 g/mol. The fraction of sp³-hybridized carbons (Fsp3) is 0.333. The van der Waals surface area contributed by atoms with Crippen LogP contribution >= 0.6 is 0 Å². The van der Waals surface area contributed by atoms with Crippen LogP contribution < -0.4 is 19.1 Å². The Morgan fingerprint density at radius 3 is 2.29 bits per heavy atom. The number of anilines is 1. The summed E-state index contributed by atoms with van der Waals surface area (Å²) in [5.74, 6) is 1.61. The Balaban J connectivity index is 1.61. The predicted molar refractivity (Wildman–Crippen MR) is 135 cm³/mol. The summed E-state index contributed by atoms with van der Waals surface area (Å²) in [5.41, 5.74) is 2.81. The Bertz CT molecular complexity index is 1220. The molecule has 0 bridgehead atoms. The third kappa shape index (κ3) is 5.05. The Morgan fingerprint density at radius 2 is 1.62 bits per heavy atom. The van der Waals surface area contributed by atoms with E-state index in [0.29, 0.717) is 6.54 Å². The molecule has 3 aromatic rings. The summed E-state index contributed by atoms with van der Waals surface area (Å²) < 4.78 is 40.1. The fourth-order valence-corrected chi connectivity index (χ4v) is 5.75. The maximum Gasteiger partial charge on any atom is 0.240 e. The number of hydrogen-bond acceptors (Lipinski definition) is 5. The second kappa shape index (κ2) is 10.1. The van der Waals surface area contributed by atoms with Crippen LogP contribution in [0.25, 0.3) is 0 Å². The third-order valence-corrected chi connectivity index (χ3v) is 8.18. The van der Waals surface area contributed by atoms with Crippen LogP contribution in [0.2, 0.25) is 0 Å². The number of nitrogens with zero attached hydrogens (tertiary/aromatic N) is 1. The zero-order valence-corrected chi connectivity index (χ0v) is 20.8. The summed E-state index contributed by atoms with van der Waals surface area (Å²) in [6.45, 7) is 3.82. The number of aryl methyl sites for hydroxylation is 1. The van der Waals surface area contributed by atoms with Crippen LogP contribution in [0, 0.1) is 6.92 Å². The highest BCUT2D eigenvalue weighted by atomic mass is 32.2. The van der Waals surface area contributed by atoms with Crippen molar-refractivity contribution in [3.05, 3.63) is 83.9 Å². The molecule has 0 unspecified atom stereocenters. The molecule has 1 heterocycles. The summed E-state index contributed by atoms with van der Waals surface area (Å²) in [6, 6.07) is 22.9. The van der Waals surface area contributed by atoms with E-state index in [-0.39, 0.29) is 10.3 Å². The Labute approximate surface area is 202 Å². The van der Waals surface area contributed by atoms with Gasteiger partial charge >= 0.3 is 0 Å². The highest BCUT2D eigenvalue weighted by Crippen LogP contribution is 2.40. The zero-order chi connectivity index (χ0) is 24.2. The highest BCUT2D eigenvalue weighted by Gasteiger charge is 2.38. The minimum absolute atomic E-state index is 0.283. The molecule has 7 heteroatoms. The lowest BCUT2D eigenvalue weighted by atomic mass is 9.72. The molecule has 3 aromatic carbocycles. The van der Waals surface area contributed by atoms with Gasteiger partial charge in [0.1, 0.15) is 11.5 Å². The maximum absolute atomic E-state index is 13.1. The van der Waals surface area contributed by atoms with Gasteiger partial charge in [-0.15, -0.1) is 0 Å². The van der Waals surface area contributed by atoms with Crippen LogP contribution in [0.1, 0.15) is 24.0 Å². The van der Waals surface area contributed by atoms with Crippen LogP contribution in [-0.2, 0) is 15.4 Å². The maximum atomic E-state index is 13.1. The van der Waals surface area contributed by atoms with Crippen LogP contribution in [0.4, 0.5) is 5.69 Å². The van der Waals surface area contributed by atoms with Crippen molar-refractivity contribution in [3.8, 4) is 11.5 Å². The number of sulfonamides is 1. The van der Waals surface area contributed by atoms with Crippen molar-refractivity contribution in [3.63, 3.8) is 0 Å². The van der Waals surface area contributed by atoms with E-state index in [2.05, 4.69) is 21.8 Å². The Hall–Kier alpha value is -3.03. The minimum Gasteiger partial charge on any atom is -0.497 e. The first-order valence-corrected chi connectivity index (χ1v) is 12.9. The molecular weight excluding hydrogens is 448 g/mol. The van der Waals surface area contributed by atoms with Gasteiger partial charge in [0, 0.05) is 25.0 Å². The molecule has 0 aromatic heterocycles. The molecule has 6 nitrogen and oxygen atoms in total. The molecule has 1 fully saturated rings. The predicted octanol–water partition coefficient (Wildman–Crippen LogP) is 4.53. The van der Waals surface area contributed by atoms with E-state index >= 15 is 0 Å². The first kappa shape index (κ1) is 24.1. The summed E-state index contributed by atoms with van der Waals surface area (Å²) in [4.78, 5) is 2.59. The highest BCUT2D eigenvalue weighted by molar-refractivity contribution is 7.89. The van der Waals surface area contributed by atoms with Crippen molar-refractivity contribution in [2.75, 3.05) is 38.8 Å². The number of hydrogen-bond donors (Lipinski definition) is 1. The first-order valence-electron chi connectivity index (χ1n) is 11.5. The lowest BCUT2D eigenvalue weighted by Gasteiger charge is -2.43. The molecule has 0 spiro atoms. The quantitative estimate of drug-likeness (QED) is 0.513. The number of piperidine rings is 1. The van der Waals surface area contributed by atoms with E-state index in [1.807, 2.05) is 55.5 Å². The molecule has 4 rings (SSSR count). The van der Waals surface area contributed by atoms with E-state index in [4.69, 9.17) is 9.47 Å². The monoisotopic (exact) mass is 480 g/mol. The SMILES string of the molecule is COc1cccc(C2(CNS(=O)(=O)c3ccc(C)cc3)CCN(c3ccccc3OC)CC2)c1. The lowest BCUT2D eigenvalue weighted by molar-refractivity contribution is 0.325. The van der Waals surface area contributed by atoms with Gasteiger partial charge in [0.25, 0.3) is 0 Å². The van der Waals surface area contributed by atoms with Gasteiger partial charge in [-0.05, 0) is 61.7 Å². The topological polar surface area (TPSA) is 67.9 Å². The van der Waals surface area contributed by atoms with Gasteiger partial charge in [-0.2, -0.15) is 0 Å². The van der Waals surface area contributed by atoms with Crippen LogP contribution in [-0.4, -0.2) is 42.3 Å². The number of methoxy groups -OCH3 is 2. The summed E-state index contributed by atoms with van der Waals surface area (Å²) in [6.07, 6.45) is 1.57. The Kier molecular flexibility index (Phi) is 7.14. The van der Waals surface area contributed by atoms with Gasteiger partial charge in [-0.25, -0.2) is 13.1 Å². The van der Waals surface area contributed by atoms with E-state index in [0.717, 1.165) is 54.2 Å². The molecule has 180 valence electrons. The molecule has 0 radical (unpaired) electrons. The van der Waals surface area contributed by atoms with E-state index in [9.17, 15) is 8.42 Å². The van der Waals surface area contributed by atoms with Crippen LogP contribution in [0.5, 0.6) is 11.5 Å². The molecule has 1 aliphatic rings. The van der Waals surface area contributed by atoms with Crippen LogP contribution in [0.15, 0.2) is 77.7 Å². The summed E-state index contributed by atoms with van der Waals surface area (Å²) in [5, 5.41) is 0. The molecule has 1 N–H and O–H groups in total. The molecule has 0 atom stereocenters. The number of rotatable bonds is 8. The number of ether oxygens (including phenoxy) is 2. The fourth-order valence-electron chi connectivity index (χ4n) is 4.62. The van der Waals surface area contributed by atoms with Crippen molar-refractivity contribution in [1.29, 1.82) is 0 Å². The number of benzene rings is 3. The van der Waals surface area contributed by atoms with Crippen LogP contribution in [0.3, 0.4) is 0 Å².